The van der Waals surface area contributed by atoms with Gasteiger partial charge in [-0.25, -0.2) is 4.79 Å². The molecule has 0 bridgehead atoms. The molecule has 0 spiro atoms. The third-order valence-corrected chi connectivity index (χ3v) is 5.41. The van der Waals surface area contributed by atoms with Gasteiger partial charge >= 0.3 is 6.03 Å². The van der Waals surface area contributed by atoms with E-state index < -0.39 is 0 Å². The maximum atomic E-state index is 12.6. The molecule has 156 valence electrons. The third kappa shape index (κ3) is 5.24. The van der Waals surface area contributed by atoms with Crippen LogP contribution < -0.4 is 16.0 Å². The summed E-state index contributed by atoms with van der Waals surface area (Å²) in [5, 5.41) is 17.2. The molecule has 0 atom stereocenters. The van der Waals surface area contributed by atoms with Crippen molar-refractivity contribution in [2.24, 2.45) is 0 Å². The van der Waals surface area contributed by atoms with Crippen molar-refractivity contribution in [2.75, 3.05) is 16.0 Å². The minimum Gasteiger partial charge on any atom is -0.324 e. The highest BCUT2D eigenvalue weighted by Gasteiger charge is 2.13. The summed E-state index contributed by atoms with van der Waals surface area (Å²) in [6.45, 7) is 0.00865. The highest BCUT2D eigenvalue weighted by Crippen LogP contribution is 2.23. The predicted molar refractivity (Wildman–Crippen MR) is 125 cm³/mol. The molecule has 8 nitrogen and oxygen atoms in total. The first-order valence-corrected chi connectivity index (χ1v) is 10.6. The van der Waals surface area contributed by atoms with Gasteiger partial charge in [-0.1, -0.05) is 30.3 Å². The molecular formula is C21H18N6O2S2. The average Bonchev–Trinajstić information content (AvgIpc) is 3.39. The van der Waals surface area contributed by atoms with Gasteiger partial charge < -0.3 is 16.0 Å². The van der Waals surface area contributed by atoms with Gasteiger partial charge in [-0.2, -0.15) is 5.10 Å². The molecule has 0 saturated carbocycles. The SMILES string of the molecule is O=C(Cn1c(-c2cccs2)n[nH]c1=S)Nc1cccc(NC(=O)Nc2ccccc2)c1. The quantitative estimate of drug-likeness (QED) is 0.312. The lowest BCUT2D eigenvalue weighted by Crippen LogP contribution is -2.21. The Kier molecular flexibility index (Phi) is 6.20. The van der Waals surface area contributed by atoms with Crippen molar-refractivity contribution in [1.82, 2.24) is 14.8 Å². The summed E-state index contributed by atoms with van der Waals surface area (Å²) >= 11 is 6.78. The number of carbonyl (C=O) groups is 2. The fourth-order valence-electron chi connectivity index (χ4n) is 2.89. The number of aromatic nitrogens is 3. The van der Waals surface area contributed by atoms with Gasteiger partial charge in [-0.05, 0) is 54.0 Å². The molecule has 10 heteroatoms. The minimum atomic E-state index is -0.375. The van der Waals surface area contributed by atoms with Crippen molar-refractivity contribution in [2.45, 2.75) is 6.54 Å². The number of nitrogens with one attached hydrogen (secondary N) is 4. The zero-order chi connectivity index (χ0) is 21.6. The van der Waals surface area contributed by atoms with Crippen molar-refractivity contribution < 1.29 is 9.59 Å². The lowest BCUT2D eigenvalue weighted by atomic mass is 10.2. The first-order chi connectivity index (χ1) is 15.1. The normalized spacial score (nSPS) is 10.5. The van der Waals surface area contributed by atoms with E-state index in [1.54, 1.807) is 41.0 Å². The van der Waals surface area contributed by atoms with Gasteiger partial charge in [0.25, 0.3) is 0 Å². The zero-order valence-electron chi connectivity index (χ0n) is 16.2. The largest absolute Gasteiger partial charge is 0.324 e. The molecule has 3 amide bonds. The summed E-state index contributed by atoms with van der Waals surface area (Å²) in [6.07, 6.45) is 0. The number of hydrogen-bond donors (Lipinski definition) is 4. The average molecular weight is 451 g/mol. The van der Waals surface area contributed by atoms with Gasteiger partial charge in [0.05, 0.1) is 4.88 Å². The van der Waals surface area contributed by atoms with Crippen LogP contribution in [0.3, 0.4) is 0 Å². The van der Waals surface area contributed by atoms with Crippen LogP contribution in [0.4, 0.5) is 21.9 Å². The van der Waals surface area contributed by atoms with Crippen molar-refractivity contribution in [3.8, 4) is 10.7 Å². The summed E-state index contributed by atoms with van der Waals surface area (Å²) in [5.41, 5.74) is 1.78. The predicted octanol–water partition coefficient (Wildman–Crippen LogP) is 4.95. The number of benzene rings is 2. The Balaban J connectivity index is 1.40. The second-order valence-electron chi connectivity index (χ2n) is 6.49. The lowest BCUT2D eigenvalue weighted by molar-refractivity contribution is -0.116. The van der Waals surface area contributed by atoms with Crippen LogP contribution in [0.1, 0.15) is 0 Å². The molecule has 0 aliphatic rings. The molecule has 2 aromatic carbocycles. The molecule has 2 aromatic heterocycles. The molecular weight excluding hydrogens is 432 g/mol. The summed E-state index contributed by atoms with van der Waals surface area (Å²) in [7, 11) is 0. The molecule has 0 saturated heterocycles. The molecule has 4 aromatic rings. The van der Waals surface area contributed by atoms with Gasteiger partial charge in [0.2, 0.25) is 5.91 Å². The number of rotatable bonds is 6. The third-order valence-electron chi connectivity index (χ3n) is 4.24. The Labute approximate surface area is 186 Å². The number of anilines is 3. The Morgan fingerprint density at radius 2 is 1.65 bits per heavy atom. The van der Waals surface area contributed by atoms with Crippen molar-refractivity contribution in [3.05, 3.63) is 76.9 Å². The first-order valence-electron chi connectivity index (χ1n) is 9.30. The number of hydrogen-bond acceptors (Lipinski definition) is 5. The fourth-order valence-corrected chi connectivity index (χ4v) is 3.81. The number of amides is 3. The van der Waals surface area contributed by atoms with Crippen LogP contribution in [-0.2, 0) is 11.3 Å². The molecule has 0 radical (unpaired) electrons. The van der Waals surface area contributed by atoms with Crippen LogP contribution in [0.2, 0.25) is 0 Å². The number of nitrogens with zero attached hydrogens (tertiary/aromatic N) is 2. The van der Waals surface area contributed by atoms with Gasteiger partial charge in [0, 0.05) is 17.1 Å². The topological polar surface area (TPSA) is 104 Å². The fraction of sp³-hybridized carbons (Fsp3) is 0.0476. The van der Waals surface area contributed by atoms with Crippen LogP contribution in [0, 0.1) is 4.77 Å². The molecule has 4 rings (SSSR count). The maximum Gasteiger partial charge on any atom is 0.323 e. The summed E-state index contributed by atoms with van der Waals surface area (Å²) in [6, 6.07) is 19.5. The molecule has 0 unspecified atom stereocenters. The second kappa shape index (κ2) is 9.37. The monoisotopic (exact) mass is 450 g/mol. The highest BCUT2D eigenvalue weighted by molar-refractivity contribution is 7.71. The van der Waals surface area contributed by atoms with E-state index in [2.05, 4.69) is 26.1 Å². The maximum absolute atomic E-state index is 12.6. The van der Waals surface area contributed by atoms with E-state index in [-0.39, 0.29) is 18.5 Å². The summed E-state index contributed by atoms with van der Waals surface area (Å²) in [4.78, 5) is 25.7. The Bertz CT molecular complexity index is 1250. The number of thiophene rings is 1. The number of carbonyl (C=O) groups excluding carboxylic acids is 2. The number of urea groups is 1. The van der Waals surface area contributed by atoms with Crippen LogP contribution >= 0.6 is 23.6 Å². The van der Waals surface area contributed by atoms with Gasteiger partial charge in [-0.15, -0.1) is 11.3 Å². The molecule has 0 aliphatic heterocycles. The summed E-state index contributed by atoms with van der Waals surface area (Å²) in [5.74, 6) is 0.351. The van der Waals surface area contributed by atoms with E-state index in [0.29, 0.717) is 27.7 Å². The van der Waals surface area contributed by atoms with E-state index in [1.807, 2.05) is 35.7 Å². The van der Waals surface area contributed by atoms with Gasteiger partial charge in [0.1, 0.15) is 6.54 Å². The molecule has 0 fully saturated rings. The van der Waals surface area contributed by atoms with Gasteiger partial charge in [0.15, 0.2) is 10.6 Å². The van der Waals surface area contributed by atoms with Crippen molar-refractivity contribution in [3.63, 3.8) is 0 Å². The van der Waals surface area contributed by atoms with E-state index >= 15 is 0 Å². The Morgan fingerprint density at radius 1 is 0.935 bits per heavy atom. The number of aromatic amines is 1. The smallest absolute Gasteiger partial charge is 0.323 e. The van der Waals surface area contributed by atoms with Crippen molar-refractivity contribution >= 4 is 52.6 Å². The van der Waals surface area contributed by atoms with E-state index in [9.17, 15) is 9.59 Å². The van der Waals surface area contributed by atoms with E-state index in [4.69, 9.17) is 12.2 Å². The highest BCUT2D eigenvalue weighted by atomic mass is 32.1. The standard InChI is InChI=1S/C21H18N6O2S2/c28-18(13-27-19(25-26-21(27)30)17-10-5-11-31-17)22-15-8-4-9-16(12-15)24-20(29)23-14-6-2-1-3-7-14/h1-12H,13H2,(H,22,28)(H,26,30)(H2,23,24,29). The molecule has 0 aliphatic carbocycles. The lowest BCUT2D eigenvalue weighted by Gasteiger charge is -2.11. The molecule has 2 heterocycles. The van der Waals surface area contributed by atoms with Crippen molar-refractivity contribution in [1.29, 1.82) is 0 Å². The first kappa shape index (κ1) is 20.5. The molecule has 4 N–H and O–H groups in total. The molecule has 31 heavy (non-hydrogen) atoms. The zero-order valence-corrected chi connectivity index (χ0v) is 17.8. The van der Waals surface area contributed by atoms with Crippen LogP contribution in [0.5, 0.6) is 0 Å². The van der Waals surface area contributed by atoms with Crippen LogP contribution in [-0.4, -0.2) is 26.7 Å². The van der Waals surface area contributed by atoms with Gasteiger partial charge in [-0.3, -0.25) is 14.5 Å². The minimum absolute atomic E-state index is 0.00865. The Morgan fingerprint density at radius 3 is 2.39 bits per heavy atom. The number of H-pyrrole nitrogens is 1. The summed E-state index contributed by atoms with van der Waals surface area (Å²) < 4.78 is 2.01. The van der Waals surface area contributed by atoms with E-state index in [0.717, 1.165) is 4.88 Å². The Hall–Kier alpha value is -3.76. The van der Waals surface area contributed by atoms with Crippen LogP contribution in [0.15, 0.2) is 72.1 Å². The van der Waals surface area contributed by atoms with E-state index in [1.165, 1.54) is 11.3 Å². The number of para-hydroxylation sites is 1. The van der Waals surface area contributed by atoms with Crippen LogP contribution in [0.25, 0.3) is 10.7 Å². The second-order valence-corrected chi connectivity index (χ2v) is 7.82.